The largest absolute Gasteiger partial charge is 0.392 e. The van der Waals surface area contributed by atoms with E-state index in [0.717, 1.165) is 27.8 Å². The summed E-state index contributed by atoms with van der Waals surface area (Å²) in [4.78, 5) is 0. The topological polar surface area (TPSA) is 20.2 Å². The highest BCUT2D eigenvalue weighted by Crippen LogP contribution is 2.36. The van der Waals surface area contributed by atoms with Crippen molar-refractivity contribution in [3.05, 3.63) is 82.3 Å². The molecule has 0 heterocycles. The molecular weight excluding hydrogens is 315 g/mol. The predicted molar refractivity (Wildman–Crippen MR) is 93.3 cm³/mol. The van der Waals surface area contributed by atoms with Gasteiger partial charge in [0.1, 0.15) is 0 Å². The lowest BCUT2D eigenvalue weighted by Gasteiger charge is -2.15. The minimum absolute atomic E-state index is 0.0315. The third-order valence-corrected chi connectivity index (χ3v) is 4.04. The van der Waals surface area contributed by atoms with E-state index in [0.29, 0.717) is 10.0 Å². The Labute approximate surface area is 139 Å². The van der Waals surface area contributed by atoms with Crippen molar-refractivity contribution in [3.8, 4) is 22.3 Å². The van der Waals surface area contributed by atoms with Crippen LogP contribution in [0.2, 0.25) is 10.0 Å². The number of halogens is 2. The molecule has 110 valence electrons. The monoisotopic (exact) mass is 328 g/mol. The van der Waals surface area contributed by atoms with Gasteiger partial charge in [-0.15, -0.1) is 0 Å². The first-order chi connectivity index (χ1) is 10.7. The van der Waals surface area contributed by atoms with Crippen molar-refractivity contribution in [2.45, 2.75) is 6.61 Å². The molecule has 0 saturated carbocycles. The average molecular weight is 329 g/mol. The SMILES string of the molecule is OCc1cccc(-c2cccc(Cl)c2)c1-c1cccc(Cl)c1. The maximum atomic E-state index is 9.72. The first kappa shape index (κ1) is 15.1. The Hall–Kier alpha value is -1.80. The summed E-state index contributed by atoms with van der Waals surface area (Å²) in [7, 11) is 0. The highest BCUT2D eigenvalue weighted by atomic mass is 35.5. The van der Waals surface area contributed by atoms with E-state index >= 15 is 0 Å². The van der Waals surface area contributed by atoms with Crippen molar-refractivity contribution < 1.29 is 5.11 Å². The molecule has 1 nitrogen and oxygen atoms in total. The van der Waals surface area contributed by atoms with E-state index < -0.39 is 0 Å². The fraction of sp³-hybridized carbons (Fsp3) is 0.0526. The Morgan fingerprint density at radius 3 is 1.95 bits per heavy atom. The number of hydrogen-bond donors (Lipinski definition) is 1. The van der Waals surface area contributed by atoms with Gasteiger partial charge in [-0.25, -0.2) is 0 Å². The van der Waals surface area contributed by atoms with E-state index in [9.17, 15) is 5.11 Å². The molecule has 22 heavy (non-hydrogen) atoms. The molecule has 0 saturated heterocycles. The summed E-state index contributed by atoms with van der Waals surface area (Å²) in [6, 6.07) is 21.2. The molecule has 0 aromatic heterocycles. The molecular formula is C19H14Cl2O. The zero-order chi connectivity index (χ0) is 15.5. The number of hydrogen-bond acceptors (Lipinski definition) is 1. The van der Waals surface area contributed by atoms with Gasteiger partial charge in [0.05, 0.1) is 6.61 Å². The number of rotatable bonds is 3. The molecule has 0 fully saturated rings. The van der Waals surface area contributed by atoms with Gasteiger partial charge in [0, 0.05) is 10.0 Å². The number of benzene rings is 3. The van der Waals surface area contributed by atoms with E-state index in [1.165, 1.54) is 0 Å². The van der Waals surface area contributed by atoms with Gasteiger partial charge >= 0.3 is 0 Å². The quantitative estimate of drug-likeness (QED) is 0.642. The Morgan fingerprint density at radius 1 is 0.727 bits per heavy atom. The molecule has 0 atom stereocenters. The van der Waals surface area contributed by atoms with Crippen LogP contribution in [0.1, 0.15) is 5.56 Å². The number of aliphatic hydroxyl groups excluding tert-OH is 1. The van der Waals surface area contributed by atoms with Gasteiger partial charge in [-0.2, -0.15) is 0 Å². The second-order valence-electron chi connectivity index (χ2n) is 5.02. The van der Waals surface area contributed by atoms with Crippen LogP contribution in [-0.4, -0.2) is 5.11 Å². The van der Waals surface area contributed by atoms with Crippen LogP contribution in [0.25, 0.3) is 22.3 Å². The lowest BCUT2D eigenvalue weighted by molar-refractivity contribution is 0.282. The van der Waals surface area contributed by atoms with Crippen LogP contribution < -0.4 is 0 Å². The second-order valence-corrected chi connectivity index (χ2v) is 5.89. The Bertz CT molecular complexity index is 812. The van der Waals surface area contributed by atoms with Crippen LogP contribution in [0.15, 0.2) is 66.7 Å². The molecule has 0 aliphatic rings. The van der Waals surface area contributed by atoms with Gasteiger partial charge in [0.15, 0.2) is 0 Å². The summed E-state index contributed by atoms with van der Waals surface area (Å²) < 4.78 is 0. The van der Waals surface area contributed by atoms with Crippen LogP contribution in [-0.2, 0) is 6.61 Å². The number of aliphatic hydroxyl groups is 1. The van der Waals surface area contributed by atoms with Crippen molar-refractivity contribution in [1.82, 2.24) is 0 Å². The first-order valence-electron chi connectivity index (χ1n) is 6.93. The van der Waals surface area contributed by atoms with E-state index in [1.54, 1.807) is 0 Å². The fourth-order valence-corrected chi connectivity index (χ4v) is 2.99. The van der Waals surface area contributed by atoms with E-state index in [4.69, 9.17) is 23.2 Å². The molecule has 3 aromatic carbocycles. The van der Waals surface area contributed by atoms with Crippen molar-refractivity contribution in [3.63, 3.8) is 0 Å². The van der Waals surface area contributed by atoms with Crippen molar-refractivity contribution in [1.29, 1.82) is 0 Å². The van der Waals surface area contributed by atoms with Gasteiger partial charge in [-0.05, 0) is 52.1 Å². The van der Waals surface area contributed by atoms with Crippen LogP contribution in [0, 0.1) is 0 Å². The lowest BCUT2D eigenvalue weighted by atomic mass is 9.91. The Balaban J connectivity index is 2.27. The third-order valence-electron chi connectivity index (χ3n) is 3.57. The van der Waals surface area contributed by atoms with Crippen LogP contribution in [0.3, 0.4) is 0 Å². The lowest BCUT2D eigenvalue weighted by Crippen LogP contribution is -1.93. The molecule has 3 rings (SSSR count). The van der Waals surface area contributed by atoms with Crippen molar-refractivity contribution in [2.24, 2.45) is 0 Å². The van der Waals surface area contributed by atoms with Crippen LogP contribution >= 0.6 is 23.2 Å². The smallest absolute Gasteiger partial charge is 0.0688 e. The van der Waals surface area contributed by atoms with E-state index in [1.807, 2.05) is 66.7 Å². The summed E-state index contributed by atoms with van der Waals surface area (Å²) in [5.41, 5.74) is 4.86. The van der Waals surface area contributed by atoms with Gasteiger partial charge in [-0.3, -0.25) is 0 Å². The molecule has 0 aliphatic carbocycles. The summed E-state index contributed by atoms with van der Waals surface area (Å²) in [5.74, 6) is 0. The van der Waals surface area contributed by atoms with Gasteiger partial charge < -0.3 is 5.11 Å². The van der Waals surface area contributed by atoms with Crippen molar-refractivity contribution >= 4 is 23.2 Å². The molecule has 1 N–H and O–H groups in total. The molecule has 0 radical (unpaired) electrons. The van der Waals surface area contributed by atoms with Gasteiger partial charge in [-0.1, -0.05) is 65.7 Å². The van der Waals surface area contributed by atoms with Crippen molar-refractivity contribution in [2.75, 3.05) is 0 Å². The molecule has 3 aromatic rings. The fourth-order valence-electron chi connectivity index (χ4n) is 2.61. The average Bonchev–Trinajstić information content (AvgIpc) is 2.54. The highest BCUT2D eigenvalue weighted by molar-refractivity contribution is 6.31. The normalized spacial score (nSPS) is 10.7. The van der Waals surface area contributed by atoms with E-state index in [-0.39, 0.29) is 6.61 Å². The molecule has 3 heteroatoms. The maximum absolute atomic E-state index is 9.72. The third kappa shape index (κ3) is 3.02. The summed E-state index contributed by atoms with van der Waals surface area (Å²) in [6.07, 6.45) is 0. The van der Waals surface area contributed by atoms with Crippen LogP contribution in [0.4, 0.5) is 0 Å². The standard InChI is InChI=1S/C19H14Cl2O/c20-16-7-1-4-13(10-16)18-9-3-6-15(12-22)19(18)14-5-2-8-17(21)11-14/h1-11,22H,12H2. The predicted octanol–water partition coefficient (Wildman–Crippen LogP) is 5.82. The highest BCUT2D eigenvalue weighted by Gasteiger charge is 2.12. The maximum Gasteiger partial charge on any atom is 0.0688 e. The summed E-state index contributed by atoms with van der Waals surface area (Å²) in [5, 5.41) is 11.1. The second kappa shape index (κ2) is 6.53. The zero-order valence-electron chi connectivity index (χ0n) is 11.8. The Kier molecular flexibility index (Phi) is 4.49. The zero-order valence-corrected chi connectivity index (χ0v) is 13.3. The van der Waals surface area contributed by atoms with Gasteiger partial charge in [0.2, 0.25) is 0 Å². The Morgan fingerprint density at radius 2 is 1.32 bits per heavy atom. The summed E-state index contributed by atoms with van der Waals surface area (Å²) in [6.45, 7) is -0.0315. The van der Waals surface area contributed by atoms with Gasteiger partial charge in [0.25, 0.3) is 0 Å². The van der Waals surface area contributed by atoms with E-state index in [2.05, 4.69) is 0 Å². The molecule has 0 unspecified atom stereocenters. The molecule has 0 bridgehead atoms. The first-order valence-corrected chi connectivity index (χ1v) is 7.69. The van der Waals surface area contributed by atoms with Crippen LogP contribution in [0.5, 0.6) is 0 Å². The minimum Gasteiger partial charge on any atom is -0.392 e. The minimum atomic E-state index is -0.0315. The molecule has 0 spiro atoms. The molecule has 0 amide bonds. The summed E-state index contributed by atoms with van der Waals surface area (Å²) >= 11 is 12.3. The molecule has 0 aliphatic heterocycles.